The van der Waals surface area contributed by atoms with E-state index in [0.717, 1.165) is 77.0 Å². The van der Waals surface area contributed by atoms with Gasteiger partial charge in [0.25, 0.3) is 6.71 Å². The molecule has 14 aromatic rings. The second-order valence-electron chi connectivity index (χ2n) is 30.6. The zero-order valence-corrected chi connectivity index (χ0v) is 57.4. The van der Waals surface area contributed by atoms with Gasteiger partial charge in [-0.2, -0.15) is 10.5 Å². The van der Waals surface area contributed by atoms with Crippen LogP contribution in [0.1, 0.15) is 134 Å². The summed E-state index contributed by atoms with van der Waals surface area (Å²) in [6.07, 6.45) is 0. The van der Waals surface area contributed by atoms with Crippen LogP contribution in [0, 0.1) is 29.5 Å². The fourth-order valence-corrected chi connectivity index (χ4v) is 15.0. The number of rotatable bonds is 7. The Bertz CT molecular complexity index is 5720. The molecule has 0 saturated carbocycles. The molecule has 0 spiro atoms. The van der Waals surface area contributed by atoms with Gasteiger partial charge in [0.1, 0.15) is 23.3 Å². The van der Waals surface area contributed by atoms with Gasteiger partial charge in [-0.3, -0.25) is 0 Å². The third-order valence-electron chi connectivity index (χ3n) is 20.2. The van der Waals surface area contributed by atoms with E-state index in [1.165, 1.54) is 0 Å². The summed E-state index contributed by atoms with van der Waals surface area (Å²) in [4.78, 5) is 3.84. The summed E-state index contributed by atoms with van der Waals surface area (Å²) in [7, 11) is 0. The Kier molecular flexibility index (Phi) is 12.0. The fraction of sp³-hybridized carbons (Fsp3) is 0.187. The maximum atomic E-state index is 12.4. The smallest absolute Gasteiger partial charge is 0.252 e. The molecule has 6 nitrogen and oxygen atoms in total. The van der Waals surface area contributed by atoms with E-state index in [0.29, 0.717) is 61.4 Å². The summed E-state index contributed by atoms with van der Waals surface area (Å²) in [5, 5.41) is 28.3. The van der Waals surface area contributed by atoms with E-state index in [-0.39, 0.29) is 85.3 Å². The molecule has 4 heterocycles. The first kappa shape index (κ1) is 52.1. The van der Waals surface area contributed by atoms with Gasteiger partial charge in [-0.1, -0.05) is 258 Å². The van der Waals surface area contributed by atoms with Crippen LogP contribution < -0.4 is 26.2 Å². The molecule has 0 N–H and O–H groups in total. The van der Waals surface area contributed by atoms with Gasteiger partial charge in [0.05, 0.1) is 53.0 Å². The Labute approximate surface area is 589 Å². The van der Waals surface area contributed by atoms with Crippen LogP contribution in [0.3, 0.4) is 0 Å². The molecule has 0 unspecified atom stereocenters. The molecule has 0 amide bonds. The molecular formula is C91H79BN6. The van der Waals surface area contributed by atoms with Crippen molar-refractivity contribution in [2.75, 3.05) is 9.80 Å². The molecule has 0 fully saturated rings. The third-order valence-corrected chi connectivity index (χ3v) is 20.2. The highest BCUT2D eigenvalue weighted by Gasteiger charge is 2.45. The molecule has 0 saturated heterocycles. The molecule has 2 aliphatic rings. The van der Waals surface area contributed by atoms with Crippen LogP contribution in [-0.4, -0.2) is 15.8 Å². The number of nitriles is 2. The SMILES string of the molecule is [2H]c1c([2H])c(N2c3cc(-c4cc(C(C)(C)C)cc(C(C)(C)C)c4)ccc3B3c4ccc(-c5cc(C(C)(C)C)cc(C(C)(C)C)c5)cc4N(c4c([2H])c([2H])c([2H])c(-n5c6ccccc6c6ccccc65)c4C#N)c4cc(-c5ccc(C([2H])([2H])[2H])cc5)cc2c43)c(C#N)c(-n2c3ccccc3c3ccccc32)c1[2H]. The van der Waals surface area contributed by atoms with E-state index in [4.69, 9.17) is 4.11 Å². The van der Waals surface area contributed by atoms with Crippen LogP contribution in [-0.2, 0) is 21.7 Å². The predicted molar refractivity (Wildman–Crippen MR) is 414 cm³/mol. The molecule has 12 aromatic carbocycles. The molecular weight excluding hydrogens is 1190 g/mol. The van der Waals surface area contributed by atoms with E-state index in [1.807, 2.05) is 128 Å². The molecule has 0 aliphatic carbocycles. The third kappa shape index (κ3) is 9.96. The monoisotopic (exact) mass is 1280 g/mol. The number of hydrogen-bond donors (Lipinski definition) is 0. The molecule has 98 heavy (non-hydrogen) atoms. The maximum absolute atomic E-state index is 12.4. The number of fused-ring (bicyclic) bond motifs is 10. The van der Waals surface area contributed by atoms with Gasteiger partial charge < -0.3 is 18.9 Å². The number of anilines is 6. The first-order chi connectivity index (χ1) is 50.7. The predicted octanol–water partition coefficient (Wildman–Crippen LogP) is 22.2. The zero-order valence-electron chi connectivity index (χ0n) is 66.4. The highest BCUT2D eigenvalue weighted by atomic mass is 15.2. The zero-order chi connectivity index (χ0) is 75.8. The van der Waals surface area contributed by atoms with Crippen molar-refractivity contribution in [3.8, 4) is 56.9 Å². The van der Waals surface area contributed by atoms with Crippen LogP contribution in [0.4, 0.5) is 34.1 Å². The average molecular weight is 1280 g/mol. The minimum absolute atomic E-state index is 0.0266. The summed E-state index contributed by atoms with van der Waals surface area (Å²) in [5.74, 6) is 0. The van der Waals surface area contributed by atoms with E-state index in [9.17, 15) is 18.7 Å². The largest absolute Gasteiger partial charge is 0.310 e. The number of para-hydroxylation sites is 4. The number of benzene rings is 12. The lowest BCUT2D eigenvalue weighted by molar-refractivity contribution is 0.568. The Morgan fingerprint density at radius 2 is 0.653 bits per heavy atom. The highest BCUT2D eigenvalue weighted by molar-refractivity contribution is 7.00. The van der Waals surface area contributed by atoms with Crippen LogP contribution >= 0.6 is 0 Å². The van der Waals surface area contributed by atoms with Gasteiger partial charge in [0.15, 0.2) is 0 Å². The highest BCUT2D eigenvalue weighted by Crippen LogP contribution is 2.51. The van der Waals surface area contributed by atoms with E-state index >= 15 is 0 Å². The van der Waals surface area contributed by atoms with Gasteiger partial charge in [0.2, 0.25) is 0 Å². The normalized spacial score (nSPS) is 14.5. The first-order valence-corrected chi connectivity index (χ1v) is 33.7. The molecule has 2 aliphatic heterocycles. The Balaban J connectivity index is 1.10. The molecule has 476 valence electrons. The van der Waals surface area contributed by atoms with Crippen LogP contribution in [0.15, 0.2) is 243 Å². The second kappa shape index (κ2) is 22.5. The molecule has 16 rings (SSSR count). The van der Waals surface area contributed by atoms with Crippen molar-refractivity contribution in [3.05, 3.63) is 281 Å². The van der Waals surface area contributed by atoms with Gasteiger partial charge in [-0.15, -0.1) is 0 Å². The van der Waals surface area contributed by atoms with Crippen molar-refractivity contribution in [2.45, 2.75) is 112 Å². The number of nitrogens with zero attached hydrogens (tertiary/aromatic N) is 6. The fourth-order valence-electron chi connectivity index (χ4n) is 15.0. The van der Waals surface area contributed by atoms with Crippen molar-refractivity contribution >= 4 is 101 Å². The number of aromatic nitrogens is 2. The minimum Gasteiger partial charge on any atom is -0.310 e. The van der Waals surface area contributed by atoms with Crippen molar-refractivity contribution in [1.82, 2.24) is 9.13 Å². The Hall–Kier alpha value is -11.1. The van der Waals surface area contributed by atoms with Gasteiger partial charge in [-0.25, -0.2) is 0 Å². The van der Waals surface area contributed by atoms with Crippen molar-refractivity contribution < 1.29 is 12.3 Å². The first-order valence-electron chi connectivity index (χ1n) is 38.2. The molecule has 0 radical (unpaired) electrons. The molecule has 0 bridgehead atoms. The molecule has 0 atom stereocenters. The van der Waals surface area contributed by atoms with E-state index in [2.05, 4.69) is 168 Å². The maximum Gasteiger partial charge on any atom is 0.252 e. The van der Waals surface area contributed by atoms with Gasteiger partial charge in [0, 0.05) is 48.4 Å². The topological polar surface area (TPSA) is 63.9 Å². The minimum atomic E-state index is -2.46. The Morgan fingerprint density at radius 3 is 0.990 bits per heavy atom. The number of hydrogen-bond acceptors (Lipinski definition) is 4. The van der Waals surface area contributed by atoms with E-state index in [1.54, 1.807) is 24.3 Å². The summed E-state index contributed by atoms with van der Waals surface area (Å²) < 4.78 is 91.1. The molecule has 2 aromatic heterocycles. The average Bonchev–Trinajstić information content (AvgIpc) is 0.980. The van der Waals surface area contributed by atoms with E-state index < -0.39 is 25.6 Å². The molecule has 7 heteroatoms. The lowest BCUT2D eigenvalue weighted by atomic mass is 9.33. The quantitative estimate of drug-likeness (QED) is 0.149. The van der Waals surface area contributed by atoms with Gasteiger partial charge >= 0.3 is 0 Å². The summed E-state index contributed by atoms with van der Waals surface area (Å²) >= 11 is 0. The summed E-state index contributed by atoms with van der Waals surface area (Å²) in [6, 6.07) is 71.1. The standard InChI is InChI=1S/C91H79BN6/c1-56-36-38-57(39-37-56)62-50-85-87-86(51-62)98(82-35-23-33-80(72(82)55-94)96-77-30-20-16-26-69(77)70-27-17-21-31-78(70)96)84-49-59(61-46-65(90(8,9)10)53-66(47-61)91(11,12)13)41-43-74(84)92(87)73-42-40-58(60-44-63(88(2,3)4)52-64(45-60)89(5,6)7)48-83(73)97(85)81-34-22-32-79(71(81)54-93)95-75-28-18-14-24-67(75)68-25-15-19-29-76(68)95/h14-53H,1-13H3/i1D3,22D,23D,32D,33D,34D,35D. The van der Waals surface area contributed by atoms with Gasteiger partial charge in [-0.05, 0) is 173 Å². The lowest BCUT2D eigenvalue weighted by Gasteiger charge is -2.45. The van der Waals surface area contributed by atoms with Crippen molar-refractivity contribution in [2.24, 2.45) is 0 Å². The second-order valence-corrected chi connectivity index (χ2v) is 30.6. The Morgan fingerprint density at radius 1 is 0.337 bits per heavy atom. The van der Waals surface area contributed by atoms with Crippen LogP contribution in [0.5, 0.6) is 0 Å². The lowest BCUT2D eigenvalue weighted by Crippen LogP contribution is -2.61. The number of aryl methyl sites for hydroxylation is 1. The van der Waals surface area contributed by atoms with Crippen LogP contribution in [0.25, 0.3) is 88.4 Å². The van der Waals surface area contributed by atoms with Crippen molar-refractivity contribution in [3.63, 3.8) is 0 Å². The summed E-state index contributed by atoms with van der Waals surface area (Å²) in [6.45, 7) is 23.3. The summed E-state index contributed by atoms with van der Waals surface area (Å²) in [5.41, 5.74) is 15.3. The van der Waals surface area contributed by atoms with Crippen molar-refractivity contribution in [1.29, 1.82) is 10.5 Å². The van der Waals surface area contributed by atoms with Crippen LogP contribution in [0.2, 0.25) is 0 Å².